The van der Waals surface area contributed by atoms with Crippen LogP contribution in [-0.4, -0.2) is 14.5 Å². The predicted octanol–water partition coefficient (Wildman–Crippen LogP) is 16.1. The molecule has 321 valence electrons. The predicted molar refractivity (Wildman–Crippen MR) is 263 cm³/mol. The van der Waals surface area contributed by atoms with Crippen LogP contribution in [-0.2, 0) is 26.5 Å². The number of aromatic nitrogens is 3. The minimum absolute atomic E-state index is 0. The quantitative estimate of drug-likeness (QED) is 0.143. The van der Waals surface area contributed by atoms with E-state index < -0.39 is 11.8 Å². The van der Waals surface area contributed by atoms with Crippen molar-refractivity contribution in [1.29, 1.82) is 0 Å². The zero-order valence-corrected chi connectivity index (χ0v) is 39.8. The largest absolute Gasteiger partial charge is 0.500 e. The molecule has 0 N–H and O–H groups in total. The van der Waals surface area contributed by atoms with Crippen molar-refractivity contribution in [1.82, 2.24) is 14.5 Å². The zero-order valence-electron chi connectivity index (χ0n) is 39.4. The number of imidazole rings is 1. The summed E-state index contributed by atoms with van der Waals surface area (Å²) < 4.78 is 25.6. The molecule has 0 saturated carbocycles. The van der Waals surface area contributed by atoms with E-state index >= 15 is 0 Å². The Morgan fingerprint density at radius 3 is 1.97 bits per heavy atom. The van der Waals surface area contributed by atoms with Gasteiger partial charge in [0.2, 0.25) is 0 Å². The number of nitrogens with zero attached hydrogens (tertiary/aromatic N) is 3. The van der Waals surface area contributed by atoms with Gasteiger partial charge in [-0.25, -0.2) is 0 Å². The van der Waals surface area contributed by atoms with Gasteiger partial charge in [0.05, 0.1) is 11.4 Å². The molecule has 3 heterocycles. The summed E-state index contributed by atoms with van der Waals surface area (Å²) in [4.78, 5) is 9.34. The number of fused-ring (bicyclic) bond motifs is 5. The standard InChI is InChI=1S/C43H35N2O.C16H18N.Ir/c1-27(2)36-25-32(29-14-7-5-8-15-29)26-37(28(3)4)40(36)45-23-22-44-43(45)35-21-13-20-34-39-38(30-16-9-6-10-17-30)24-31-18-11-12-19-33(31)42(39)46-41(34)35;1-16(2,3)11-13-9-10-15(17-12-13)14-7-5-4-6-8-14;/h5-20,22-28H,1-4H3;4-7,9-10,12H,11H2,1-3H3;/q2*-1;/i;11D2;. The first-order valence-electron chi connectivity index (χ1n) is 22.9. The first-order valence-corrected chi connectivity index (χ1v) is 21.9. The molecule has 0 fully saturated rings. The summed E-state index contributed by atoms with van der Waals surface area (Å²) in [5.74, 6) is 1.43. The molecule has 7 aromatic carbocycles. The van der Waals surface area contributed by atoms with Crippen LogP contribution in [0.3, 0.4) is 0 Å². The molecule has 0 aliphatic heterocycles. The van der Waals surface area contributed by atoms with Gasteiger partial charge in [0.15, 0.2) is 0 Å². The van der Waals surface area contributed by atoms with E-state index in [1.165, 1.54) is 33.5 Å². The molecule has 5 heteroatoms. The second kappa shape index (κ2) is 18.8. The summed E-state index contributed by atoms with van der Waals surface area (Å²) >= 11 is 0. The molecule has 0 aliphatic rings. The molecule has 3 aromatic heterocycles. The van der Waals surface area contributed by atoms with E-state index in [4.69, 9.17) is 12.1 Å². The maximum Gasteiger partial charge on any atom is 0.129 e. The molecule has 64 heavy (non-hydrogen) atoms. The number of benzene rings is 7. The minimum Gasteiger partial charge on any atom is -0.500 e. The van der Waals surface area contributed by atoms with Crippen LogP contribution in [0.2, 0.25) is 0 Å². The summed E-state index contributed by atoms with van der Waals surface area (Å²) in [5, 5.41) is 4.44. The van der Waals surface area contributed by atoms with Gasteiger partial charge < -0.3 is 14.0 Å². The Morgan fingerprint density at radius 2 is 1.33 bits per heavy atom. The first kappa shape index (κ1) is 41.6. The Kier molecular flexibility index (Phi) is 12.2. The molecular weight excluding hydrogens is 959 g/mol. The van der Waals surface area contributed by atoms with Crippen LogP contribution in [0.1, 0.15) is 79.7 Å². The topological polar surface area (TPSA) is 43.9 Å². The van der Waals surface area contributed by atoms with Crippen LogP contribution in [0.5, 0.6) is 0 Å². The number of hydrogen-bond acceptors (Lipinski definition) is 3. The molecule has 0 bridgehead atoms. The van der Waals surface area contributed by atoms with Crippen molar-refractivity contribution >= 4 is 32.7 Å². The fourth-order valence-corrected chi connectivity index (χ4v) is 8.51. The molecular formula is C59H53IrN3O-2. The molecule has 0 spiro atoms. The average molecular weight is 1010 g/mol. The van der Waals surface area contributed by atoms with Gasteiger partial charge in [-0.15, -0.1) is 54.1 Å². The van der Waals surface area contributed by atoms with Crippen molar-refractivity contribution in [2.75, 3.05) is 0 Å². The maximum absolute atomic E-state index is 8.21. The fraction of sp³-hybridized carbons (Fsp3) is 0.186. The fourth-order valence-electron chi connectivity index (χ4n) is 8.51. The van der Waals surface area contributed by atoms with Crippen molar-refractivity contribution < 1.29 is 27.3 Å². The van der Waals surface area contributed by atoms with Gasteiger partial charge in [-0.2, -0.15) is 0 Å². The zero-order chi connectivity index (χ0) is 45.5. The molecule has 0 saturated heterocycles. The van der Waals surface area contributed by atoms with E-state index in [0.29, 0.717) is 17.4 Å². The van der Waals surface area contributed by atoms with Gasteiger partial charge in [0.1, 0.15) is 5.58 Å². The van der Waals surface area contributed by atoms with E-state index in [0.717, 1.165) is 60.9 Å². The van der Waals surface area contributed by atoms with Crippen LogP contribution >= 0.6 is 0 Å². The van der Waals surface area contributed by atoms with Crippen molar-refractivity contribution in [3.8, 4) is 50.6 Å². The van der Waals surface area contributed by atoms with E-state index in [1.807, 2.05) is 69.4 Å². The van der Waals surface area contributed by atoms with Gasteiger partial charge >= 0.3 is 0 Å². The minimum atomic E-state index is -1.40. The Bertz CT molecular complexity index is 3230. The van der Waals surface area contributed by atoms with Gasteiger partial charge in [-0.1, -0.05) is 156 Å². The second-order valence-corrected chi connectivity index (χ2v) is 17.8. The molecule has 4 nitrogen and oxygen atoms in total. The van der Waals surface area contributed by atoms with Gasteiger partial charge in [0, 0.05) is 57.9 Å². The van der Waals surface area contributed by atoms with Crippen LogP contribution in [0.15, 0.2) is 175 Å². The van der Waals surface area contributed by atoms with Crippen LogP contribution < -0.4 is 0 Å². The van der Waals surface area contributed by atoms with Gasteiger partial charge in [0.25, 0.3) is 0 Å². The Balaban J connectivity index is 0.000000249. The normalized spacial score (nSPS) is 12.3. The molecule has 0 aliphatic carbocycles. The van der Waals surface area contributed by atoms with Crippen molar-refractivity contribution in [2.45, 2.75) is 66.7 Å². The third-order valence-corrected chi connectivity index (χ3v) is 11.4. The molecule has 0 atom stereocenters. The summed E-state index contributed by atoms with van der Waals surface area (Å²) in [5.41, 5.74) is 13.0. The molecule has 0 unspecified atom stereocenters. The SMILES string of the molecule is CC(C)c1cc(-c2ccccc2)cc(C(C)C)c1-n1ccnc1-c1[c-]ccc2c1oc1c3ccccc3cc(-c3ccccc3)c21.[2H]C([2H])(c1ccc(-c2[c-]cccc2)nc1)C(C)(C)C.[Ir]. The van der Waals surface area contributed by atoms with Gasteiger partial charge in [-0.3, -0.25) is 4.98 Å². The van der Waals surface area contributed by atoms with E-state index in [-0.39, 0.29) is 20.1 Å². The first-order chi connectivity index (χ1) is 31.3. The smallest absolute Gasteiger partial charge is 0.129 e. The van der Waals surface area contributed by atoms with E-state index in [1.54, 1.807) is 6.20 Å². The van der Waals surface area contributed by atoms with Crippen LogP contribution in [0, 0.1) is 17.5 Å². The van der Waals surface area contributed by atoms with Crippen molar-refractivity contribution in [3.05, 3.63) is 199 Å². The van der Waals surface area contributed by atoms with Crippen LogP contribution in [0.25, 0.3) is 83.3 Å². The van der Waals surface area contributed by atoms with Crippen molar-refractivity contribution in [2.24, 2.45) is 5.41 Å². The second-order valence-electron chi connectivity index (χ2n) is 17.8. The third-order valence-electron chi connectivity index (χ3n) is 11.4. The van der Waals surface area contributed by atoms with Crippen molar-refractivity contribution in [3.63, 3.8) is 0 Å². The molecule has 1 radical (unpaired) electrons. The number of rotatable bonds is 8. The monoisotopic (exact) mass is 1010 g/mol. The van der Waals surface area contributed by atoms with E-state index in [2.05, 4.69) is 165 Å². The Labute approximate surface area is 394 Å². The Hall–Kier alpha value is -6.39. The summed E-state index contributed by atoms with van der Waals surface area (Å²) in [6.07, 6.45) is 4.21. The van der Waals surface area contributed by atoms with E-state index in [9.17, 15) is 0 Å². The number of pyridine rings is 1. The van der Waals surface area contributed by atoms with Gasteiger partial charge in [-0.05, 0) is 91.8 Å². The maximum atomic E-state index is 8.21. The molecule has 0 amide bonds. The molecule has 10 aromatic rings. The summed E-state index contributed by atoms with van der Waals surface area (Å²) in [6, 6.07) is 58.9. The summed E-state index contributed by atoms with van der Waals surface area (Å²) in [7, 11) is 0. The summed E-state index contributed by atoms with van der Waals surface area (Å²) in [6.45, 7) is 14.8. The third kappa shape index (κ3) is 9.02. The number of furan rings is 1. The average Bonchev–Trinajstić information content (AvgIpc) is 3.98. The Morgan fingerprint density at radius 1 is 0.656 bits per heavy atom. The number of hydrogen-bond donors (Lipinski definition) is 0. The molecule has 10 rings (SSSR count). The van der Waals surface area contributed by atoms with Crippen LogP contribution in [0.4, 0.5) is 0 Å².